The van der Waals surface area contributed by atoms with Gasteiger partial charge in [0.25, 0.3) is 0 Å². The number of aromatic nitrogens is 4. The summed E-state index contributed by atoms with van der Waals surface area (Å²) in [5.74, 6) is 5.68. The molecule has 3 aromatic heterocycles. The minimum absolute atomic E-state index is 0.0274. The van der Waals surface area contributed by atoms with Crippen molar-refractivity contribution >= 4 is 51.3 Å². The zero-order valence-electron chi connectivity index (χ0n) is 29.9. The molecule has 6 rings (SSSR count). The first kappa shape index (κ1) is 33.9. The second-order valence-corrected chi connectivity index (χ2v) is 13.2. The molecule has 0 aromatic carbocycles. The van der Waals surface area contributed by atoms with E-state index in [1.165, 1.54) is 16.7 Å². The smallest absolute Gasteiger partial charge is 0.340 e. The van der Waals surface area contributed by atoms with Gasteiger partial charge in [0.2, 0.25) is 5.91 Å². The number of carbonyl (C=O) groups is 2. The van der Waals surface area contributed by atoms with Gasteiger partial charge < -0.3 is 19.6 Å². The van der Waals surface area contributed by atoms with Crippen LogP contribution < -0.4 is 0 Å². The molecule has 9 heteroatoms. The van der Waals surface area contributed by atoms with Gasteiger partial charge in [0.1, 0.15) is 6.61 Å². The van der Waals surface area contributed by atoms with Crippen LogP contribution in [0.25, 0.3) is 33.2 Å². The Morgan fingerprint density at radius 1 is 1.04 bits per heavy atom. The second kappa shape index (κ2) is 13.9. The molecule has 3 aliphatic rings. The summed E-state index contributed by atoms with van der Waals surface area (Å²) in [6.07, 6.45) is 4.39. The van der Waals surface area contributed by atoms with Crippen molar-refractivity contribution < 1.29 is 14.3 Å². The van der Waals surface area contributed by atoms with Crippen LogP contribution in [0.2, 0.25) is 0 Å². The van der Waals surface area contributed by atoms with Gasteiger partial charge in [-0.1, -0.05) is 32.6 Å². The van der Waals surface area contributed by atoms with Gasteiger partial charge in [-0.15, -0.1) is 0 Å². The molecule has 0 saturated heterocycles. The number of amides is 1. The van der Waals surface area contributed by atoms with E-state index in [9.17, 15) is 9.59 Å². The summed E-state index contributed by atoms with van der Waals surface area (Å²) in [5, 5.41) is 0. The van der Waals surface area contributed by atoms with Gasteiger partial charge in [-0.2, -0.15) is 0 Å². The molecule has 49 heavy (non-hydrogen) atoms. The van der Waals surface area contributed by atoms with E-state index in [1.54, 1.807) is 18.2 Å². The van der Waals surface area contributed by atoms with Crippen LogP contribution in [-0.4, -0.2) is 63.1 Å². The third kappa shape index (κ3) is 6.21. The highest BCUT2D eigenvalue weighted by Crippen LogP contribution is 2.44. The number of aliphatic imine (C=N–C) groups is 1. The fraction of sp³-hybridized carbons (Fsp3) is 0.425. The maximum atomic E-state index is 13.3. The summed E-state index contributed by atoms with van der Waals surface area (Å²) in [7, 11) is 1.79. The van der Waals surface area contributed by atoms with E-state index >= 15 is 0 Å². The van der Waals surface area contributed by atoms with Crippen molar-refractivity contribution in [1.29, 1.82) is 0 Å². The average molecular weight is 659 g/mol. The molecule has 0 radical (unpaired) electrons. The van der Waals surface area contributed by atoms with Gasteiger partial charge >= 0.3 is 5.97 Å². The monoisotopic (exact) mass is 658 g/mol. The molecule has 0 aliphatic carbocycles. The number of hydrogen-bond donors (Lipinski definition) is 2. The van der Waals surface area contributed by atoms with Gasteiger partial charge in [0.05, 0.1) is 41.3 Å². The van der Waals surface area contributed by atoms with Crippen LogP contribution in [0, 0.1) is 25.7 Å². The third-order valence-corrected chi connectivity index (χ3v) is 10.4. The lowest BCUT2D eigenvalue weighted by atomic mass is 9.85. The van der Waals surface area contributed by atoms with Gasteiger partial charge in [-0.05, 0) is 99.2 Å². The molecular weight excluding hydrogens is 612 g/mol. The maximum absolute atomic E-state index is 13.3. The van der Waals surface area contributed by atoms with Crippen molar-refractivity contribution in [2.75, 3.05) is 20.1 Å². The van der Waals surface area contributed by atoms with Crippen LogP contribution in [0.4, 0.5) is 0 Å². The highest BCUT2D eigenvalue weighted by molar-refractivity contribution is 6.04. The topological polar surface area (TPSA) is 116 Å². The van der Waals surface area contributed by atoms with Crippen LogP contribution in [0.15, 0.2) is 23.2 Å². The van der Waals surface area contributed by atoms with E-state index in [-0.39, 0.29) is 30.3 Å². The minimum atomic E-state index is -0.343. The number of ether oxygens (including phenoxy) is 1. The average Bonchev–Trinajstić information content (AvgIpc) is 3.77. The Kier molecular flexibility index (Phi) is 9.60. The SMILES string of the molecule is CC=NCC#CCN(C)C(=O)CC[C@@H]1c2nc(cc3[nH]c(cc4nc(cc5[nH]c6c2COC(=O)c6c5C)C(CC)=C4C)c(CC)c3C)C1C. The standard InChI is InChI=1S/C40H46N6O3/c1-9-26-22(4)30-18-32-24(6)28(14-15-36(47)46(8)17-13-12-16-41-11-3)38(44-32)29-21-49-40(48)37-25(7)33(45-39(29)37)20-35-27(10-2)23(5)31(43-35)19-34(26)42-30/h11,18-20,24,28,42,45H,9-10,14-17,21H2,1-8H3/t24?,28-/m0/s1. The normalized spacial score (nSPS) is 16.9. The summed E-state index contributed by atoms with van der Waals surface area (Å²) in [4.78, 5) is 50.1. The molecule has 2 N–H and O–H groups in total. The lowest BCUT2D eigenvalue weighted by Crippen LogP contribution is -2.27. The molecule has 0 fully saturated rings. The number of cyclic esters (lactones) is 1. The van der Waals surface area contributed by atoms with Crippen molar-refractivity contribution in [3.05, 3.63) is 68.8 Å². The highest BCUT2D eigenvalue weighted by atomic mass is 16.5. The molecule has 9 nitrogen and oxygen atoms in total. The molecule has 8 bridgehead atoms. The number of rotatable bonds is 7. The van der Waals surface area contributed by atoms with E-state index in [4.69, 9.17) is 14.7 Å². The fourth-order valence-electron chi connectivity index (χ4n) is 7.41. The highest BCUT2D eigenvalue weighted by Gasteiger charge is 2.35. The van der Waals surface area contributed by atoms with Gasteiger partial charge in [-0.25, -0.2) is 9.78 Å². The minimum Gasteiger partial charge on any atom is -0.457 e. The number of carbonyl (C=O) groups excluding carboxylic acids is 2. The van der Waals surface area contributed by atoms with Crippen molar-refractivity contribution in [3.63, 3.8) is 0 Å². The number of aromatic amines is 2. The first-order chi connectivity index (χ1) is 23.6. The van der Waals surface area contributed by atoms with Crippen molar-refractivity contribution in [2.45, 2.75) is 92.6 Å². The molecule has 2 atom stereocenters. The first-order valence-electron chi connectivity index (χ1n) is 17.3. The largest absolute Gasteiger partial charge is 0.457 e. The summed E-state index contributed by atoms with van der Waals surface area (Å²) < 4.78 is 5.82. The number of nitrogens with zero attached hydrogens (tertiary/aromatic N) is 4. The Labute approximate surface area is 288 Å². The van der Waals surface area contributed by atoms with Crippen LogP contribution in [0.1, 0.15) is 121 Å². The number of nitrogens with one attached hydrogen (secondary N) is 2. The molecular formula is C40H46N6O3. The Bertz CT molecular complexity index is 2140. The van der Waals surface area contributed by atoms with Gasteiger partial charge in [0, 0.05) is 53.1 Å². The van der Waals surface area contributed by atoms with E-state index in [0.717, 1.165) is 74.4 Å². The molecule has 0 saturated carbocycles. The van der Waals surface area contributed by atoms with Crippen molar-refractivity contribution in [1.82, 2.24) is 24.8 Å². The van der Waals surface area contributed by atoms with Gasteiger partial charge in [0.15, 0.2) is 0 Å². The molecule has 1 unspecified atom stereocenters. The quantitative estimate of drug-likeness (QED) is 0.153. The Hall–Kier alpha value is -4.97. The lowest BCUT2D eigenvalue weighted by Gasteiger charge is -2.21. The van der Waals surface area contributed by atoms with Crippen LogP contribution in [0.5, 0.6) is 0 Å². The van der Waals surface area contributed by atoms with E-state index in [0.29, 0.717) is 31.5 Å². The Morgan fingerprint density at radius 2 is 1.80 bits per heavy atom. The fourth-order valence-corrected chi connectivity index (χ4v) is 7.41. The van der Waals surface area contributed by atoms with Crippen molar-refractivity contribution in [2.24, 2.45) is 4.99 Å². The number of esters is 1. The number of H-pyrrole nitrogens is 2. The number of aryl methyl sites for hydroxylation is 3. The molecule has 254 valence electrons. The van der Waals surface area contributed by atoms with Crippen LogP contribution >= 0.6 is 0 Å². The first-order valence-corrected chi connectivity index (χ1v) is 17.3. The van der Waals surface area contributed by atoms with E-state index in [1.807, 2.05) is 13.8 Å². The number of hydrogen-bond acceptors (Lipinski definition) is 6. The maximum Gasteiger partial charge on any atom is 0.340 e. The predicted molar refractivity (Wildman–Crippen MR) is 197 cm³/mol. The molecule has 3 aromatic rings. The van der Waals surface area contributed by atoms with Crippen molar-refractivity contribution in [3.8, 4) is 11.8 Å². The Morgan fingerprint density at radius 3 is 2.53 bits per heavy atom. The molecule has 0 spiro atoms. The second-order valence-electron chi connectivity index (χ2n) is 13.2. The summed E-state index contributed by atoms with van der Waals surface area (Å²) in [5.41, 5.74) is 14.3. The number of allylic oxidation sites excluding steroid dienone is 2. The van der Waals surface area contributed by atoms with E-state index < -0.39 is 0 Å². The number of fused-ring (bicyclic) bond motifs is 8. The predicted octanol–water partition coefficient (Wildman–Crippen LogP) is 7.73. The van der Waals surface area contributed by atoms with Crippen LogP contribution in [0.3, 0.4) is 0 Å². The Balaban J connectivity index is 1.55. The third-order valence-electron chi connectivity index (χ3n) is 10.4. The molecule has 6 heterocycles. The van der Waals surface area contributed by atoms with Crippen LogP contribution in [-0.2, 0) is 22.6 Å². The molecule has 3 aliphatic heterocycles. The lowest BCUT2D eigenvalue weighted by molar-refractivity contribution is -0.129. The molecule has 1 amide bonds. The van der Waals surface area contributed by atoms with E-state index in [2.05, 4.69) is 79.6 Å². The summed E-state index contributed by atoms with van der Waals surface area (Å²) in [6.45, 7) is 15.5. The zero-order chi connectivity index (χ0) is 35.0. The summed E-state index contributed by atoms with van der Waals surface area (Å²) in [6, 6.07) is 6.39. The van der Waals surface area contributed by atoms with Gasteiger partial charge in [-0.3, -0.25) is 14.8 Å². The zero-order valence-corrected chi connectivity index (χ0v) is 29.9. The summed E-state index contributed by atoms with van der Waals surface area (Å²) >= 11 is 0.